The summed E-state index contributed by atoms with van der Waals surface area (Å²) in [6.45, 7) is 8.35. The van der Waals surface area contributed by atoms with Gasteiger partial charge in [-0.25, -0.2) is 0 Å². The summed E-state index contributed by atoms with van der Waals surface area (Å²) in [5, 5.41) is 0. The van der Waals surface area contributed by atoms with Crippen molar-refractivity contribution in [2.75, 3.05) is 0 Å². The first-order valence-electron chi connectivity index (χ1n) is 4.62. The maximum Gasteiger partial charge on any atom is -0.00864 e. The second-order valence-electron chi connectivity index (χ2n) is 3.08. The fourth-order valence-electron chi connectivity index (χ4n) is 1.00. The predicted molar refractivity (Wildman–Crippen MR) is 60.4 cm³/mol. The molecule has 0 N–H and O–H groups in total. The van der Waals surface area contributed by atoms with E-state index in [1.54, 1.807) is 6.08 Å². The largest absolute Gasteiger partial charge is 0.115 e. The van der Waals surface area contributed by atoms with Crippen LogP contribution in [0.25, 0.3) is 0 Å². The zero-order valence-electron chi connectivity index (χ0n) is 9.02. The Labute approximate surface area is 82.0 Å². The Morgan fingerprint density at radius 2 is 2.00 bits per heavy atom. The molecule has 0 aromatic carbocycles. The van der Waals surface area contributed by atoms with Crippen LogP contribution < -0.4 is 0 Å². The maximum absolute atomic E-state index is 5.21. The van der Waals surface area contributed by atoms with Crippen molar-refractivity contribution >= 4 is 0 Å². The third-order valence-corrected chi connectivity index (χ3v) is 2.03. The molecule has 0 fully saturated rings. The molecule has 0 radical (unpaired) electrons. The van der Waals surface area contributed by atoms with Crippen LogP contribution in [0.2, 0.25) is 0 Å². The molecule has 0 saturated carbocycles. The van der Waals surface area contributed by atoms with Gasteiger partial charge in [0.25, 0.3) is 0 Å². The van der Waals surface area contributed by atoms with Gasteiger partial charge in [-0.05, 0) is 44.4 Å². The quantitative estimate of drug-likeness (QED) is 0.450. The van der Waals surface area contributed by atoms with Crippen LogP contribution in [0.5, 0.6) is 0 Å². The van der Waals surface area contributed by atoms with Crippen LogP contribution in [0, 0.1) is 12.3 Å². The second-order valence-corrected chi connectivity index (χ2v) is 3.08. The van der Waals surface area contributed by atoms with Gasteiger partial charge in [-0.2, -0.15) is 0 Å². The van der Waals surface area contributed by atoms with Crippen LogP contribution in [0.4, 0.5) is 0 Å². The SMILES string of the molecule is C#C\C=C(C)/C(/C=C(/C)CC)=C/C. The van der Waals surface area contributed by atoms with Crippen molar-refractivity contribution in [1.82, 2.24) is 0 Å². The van der Waals surface area contributed by atoms with Crippen molar-refractivity contribution in [3.63, 3.8) is 0 Å². The fraction of sp³-hybridized carbons (Fsp3) is 0.385. The van der Waals surface area contributed by atoms with E-state index in [0.29, 0.717) is 0 Å². The van der Waals surface area contributed by atoms with Crippen LogP contribution in [-0.2, 0) is 0 Å². The van der Waals surface area contributed by atoms with Gasteiger partial charge in [0.05, 0.1) is 0 Å². The lowest BCUT2D eigenvalue weighted by molar-refractivity contribution is 1.09. The second kappa shape index (κ2) is 6.31. The van der Waals surface area contributed by atoms with E-state index in [9.17, 15) is 0 Å². The van der Waals surface area contributed by atoms with Crippen molar-refractivity contribution in [3.05, 3.63) is 34.9 Å². The highest BCUT2D eigenvalue weighted by Crippen LogP contribution is 2.13. The molecule has 0 spiro atoms. The zero-order valence-corrected chi connectivity index (χ0v) is 9.02. The Kier molecular flexibility index (Phi) is 5.72. The molecule has 0 amide bonds. The standard InChI is InChI=1S/C13H18/c1-6-9-12(5)13(8-3)10-11(4)7-2/h1,8-10H,7H2,2-5H3/b11-10-,12-9-,13-8+. The lowest BCUT2D eigenvalue weighted by Gasteiger charge is -2.02. The number of rotatable bonds is 3. The topological polar surface area (TPSA) is 0 Å². The summed E-state index contributed by atoms with van der Waals surface area (Å²) in [6.07, 6.45) is 12.4. The van der Waals surface area contributed by atoms with Gasteiger partial charge in [0.15, 0.2) is 0 Å². The van der Waals surface area contributed by atoms with Gasteiger partial charge >= 0.3 is 0 Å². The highest BCUT2D eigenvalue weighted by molar-refractivity contribution is 5.42. The molecule has 0 rings (SSSR count). The van der Waals surface area contributed by atoms with E-state index in [1.807, 2.05) is 13.8 Å². The van der Waals surface area contributed by atoms with E-state index >= 15 is 0 Å². The van der Waals surface area contributed by atoms with Gasteiger partial charge in [0.2, 0.25) is 0 Å². The van der Waals surface area contributed by atoms with Crippen LogP contribution in [0.3, 0.4) is 0 Å². The van der Waals surface area contributed by atoms with Gasteiger partial charge in [0, 0.05) is 0 Å². The smallest absolute Gasteiger partial charge is 0.00864 e. The Morgan fingerprint density at radius 3 is 2.38 bits per heavy atom. The first kappa shape index (κ1) is 11.8. The van der Waals surface area contributed by atoms with Crippen LogP contribution >= 0.6 is 0 Å². The first-order valence-corrected chi connectivity index (χ1v) is 4.62. The van der Waals surface area contributed by atoms with Crippen LogP contribution in [0.15, 0.2) is 34.9 Å². The van der Waals surface area contributed by atoms with E-state index < -0.39 is 0 Å². The molecule has 13 heavy (non-hydrogen) atoms. The first-order chi connectivity index (χ1) is 6.15. The molecular weight excluding hydrogens is 156 g/mol. The molecule has 0 heteroatoms. The normalized spacial score (nSPS) is 14.2. The van der Waals surface area contributed by atoms with E-state index in [4.69, 9.17) is 6.42 Å². The number of hydrogen-bond donors (Lipinski definition) is 0. The maximum atomic E-state index is 5.21. The Balaban J connectivity index is 4.78. The molecule has 0 bridgehead atoms. The Morgan fingerprint density at radius 1 is 1.38 bits per heavy atom. The molecule has 0 unspecified atom stereocenters. The average molecular weight is 174 g/mol. The van der Waals surface area contributed by atoms with Gasteiger partial charge in [-0.1, -0.05) is 30.6 Å². The van der Waals surface area contributed by atoms with Gasteiger partial charge in [-0.15, -0.1) is 6.42 Å². The molecule has 0 heterocycles. The van der Waals surface area contributed by atoms with Crippen molar-refractivity contribution in [2.45, 2.75) is 34.1 Å². The van der Waals surface area contributed by atoms with E-state index in [0.717, 1.165) is 12.0 Å². The minimum absolute atomic E-state index is 1.08. The minimum Gasteiger partial charge on any atom is -0.115 e. The summed E-state index contributed by atoms with van der Waals surface area (Å²) in [5.41, 5.74) is 3.74. The lowest BCUT2D eigenvalue weighted by Crippen LogP contribution is -1.83. The number of terminal acetylenes is 1. The molecule has 0 atom stereocenters. The highest BCUT2D eigenvalue weighted by atomic mass is 14.0. The number of allylic oxidation sites excluding steroid dienone is 6. The summed E-state index contributed by atoms with van der Waals surface area (Å²) in [5.74, 6) is 2.54. The third kappa shape index (κ3) is 4.38. The predicted octanol–water partition coefficient (Wildman–Crippen LogP) is 3.87. The molecule has 0 aromatic heterocycles. The molecule has 0 saturated heterocycles. The Bertz CT molecular complexity index is 280. The minimum atomic E-state index is 1.08. The average Bonchev–Trinajstić information content (AvgIpc) is 2.14. The zero-order chi connectivity index (χ0) is 10.3. The molecular formula is C13H18. The molecule has 0 aliphatic rings. The summed E-state index contributed by atoms with van der Waals surface area (Å²) >= 11 is 0. The van der Waals surface area contributed by atoms with E-state index in [2.05, 4.69) is 31.9 Å². The van der Waals surface area contributed by atoms with Crippen LogP contribution in [-0.4, -0.2) is 0 Å². The van der Waals surface area contributed by atoms with E-state index in [1.165, 1.54) is 11.1 Å². The fourth-order valence-corrected chi connectivity index (χ4v) is 1.00. The van der Waals surface area contributed by atoms with E-state index in [-0.39, 0.29) is 0 Å². The summed E-state index contributed by atoms with van der Waals surface area (Å²) in [6, 6.07) is 0. The highest BCUT2D eigenvalue weighted by Gasteiger charge is 1.94. The van der Waals surface area contributed by atoms with Crippen molar-refractivity contribution in [1.29, 1.82) is 0 Å². The van der Waals surface area contributed by atoms with Crippen molar-refractivity contribution < 1.29 is 0 Å². The summed E-state index contributed by atoms with van der Waals surface area (Å²) in [7, 11) is 0. The van der Waals surface area contributed by atoms with Crippen LogP contribution in [0.1, 0.15) is 34.1 Å². The van der Waals surface area contributed by atoms with Crippen molar-refractivity contribution in [2.24, 2.45) is 0 Å². The third-order valence-electron chi connectivity index (χ3n) is 2.03. The Hall–Kier alpha value is -1.22. The summed E-state index contributed by atoms with van der Waals surface area (Å²) < 4.78 is 0. The molecule has 70 valence electrons. The summed E-state index contributed by atoms with van der Waals surface area (Å²) in [4.78, 5) is 0. The van der Waals surface area contributed by atoms with Gasteiger partial charge in [0.1, 0.15) is 0 Å². The van der Waals surface area contributed by atoms with Crippen molar-refractivity contribution in [3.8, 4) is 12.3 Å². The molecule has 0 aliphatic heterocycles. The van der Waals surface area contributed by atoms with Gasteiger partial charge in [-0.3, -0.25) is 0 Å². The van der Waals surface area contributed by atoms with Gasteiger partial charge < -0.3 is 0 Å². The monoisotopic (exact) mass is 174 g/mol. The molecule has 0 aliphatic carbocycles. The lowest BCUT2D eigenvalue weighted by atomic mass is 10.0. The molecule has 0 nitrogen and oxygen atoms in total. The molecule has 0 aromatic rings. The number of hydrogen-bond acceptors (Lipinski definition) is 0.